The summed E-state index contributed by atoms with van der Waals surface area (Å²) in [5, 5.41) is 2.57. The quantitative estimate of drug-likeness (QED) is 0.688. The third-order valence-electron chi connectivity index (χ3n) is 3.90. The number of nitrogens with zero attached hydrogens (tertiary/aromatic N) is 1. The normalized spacial score (nSPS) is 12.3. The number of likely N-dealkylation sites (N-methyl/N-ethyl adjacent to an activating group) is 2. The number of hydrogen-bond donors (Lipinski definition) is 2. The van der Waals surface area contributed by atoms with Crippen LogP contribution in [0, 0.1) is 6.92 Å². The topological polar surface area (TPSA) is 76.2 Å². The van der Waals surface area contributed by atoms with Crippen LogP contribution in [0.2, 0.25) is 0 Å². The number of carbonyl (C=O) groups excluding carboxylic acids is 2. The summed E-state index contributed by atoms with van der Waals surface area (Å²) in [4.78, 5) is 26.6. The second kappa shape index (κ2) is 9.46. The molecule has 29 heavy (non-hydrogen) atoms. The fraction of sp³-hybridized carbons (Fsp3) is 0.368. The van der Waals surface area contributed by atoms with Crippen molar-refractivity contribution in [2.24, 2.45) is 0 Å². The number of anilines is 1. The number of amides is 2. The van der Waals surface area contributed by atoms with Crippen LogP contribution in [-0.4, -0.2) is 50.3 Å². The Bertz CT molecular complexity index is 834. The molecule has 1 atom stereocenters. The molecule has 2 N–H and O–H groups in total. The molecule has 0 saturated heterocycles. The maximum Gasteiger partial charge on any atom is 0.573 e. The molecule has 7 nitrogen and oxygen atoms in total. The number of benzene rings is 1. The van der Waals surface area contributed by atoms with Gasteiger partial charge in [-0.1, -0.05) is 0 Å². The Balaban J connectivity index is 1.78. The van der Waals surface area contributed by atoms with Gasteiger partial charge in [-0.3, -0.25) is 9.59 Å². The van der Waals surface area contributed by atoms with Crippen molar-refractivity contribution in [1.29, 1.82) is 0 Å². The van der Waals surface area contributed by atoms with Gasteiger partial charge in [0.2, 0.25) is 0 Å². The largest absolute Gasteiger partial charge is 0.573 e. The number of aryl methyl sites for hydroxylation is 1. The number of hydrogen-bond acceptors (Lipinski definition) is 4. The van der Waals surface area contributed by atoms with Gasteiger partial charge in [-0.05, 0) is 43.3 Å². The van der Waals surface area contributed by atoms with Gasteiger partial charge >= 0.3 is 6.36 Å². The van der Waals surface area contributed by atoms with E-state index in [1.54, 1.807) is 20.2 Å². The molecule has 0 radical (unpaired) electrons. The predicted octanol–water partition coefficient (Wildman–Crippen LogP) is 1.60. The summed E-state index contributed by atoms with van der Waals surface area (Å²) in [6, 6.07) is 8.44. The van der Waals surface area contributed by atoms with Crippen molar-refractivity contribution < 1.29 is 36.8 Å². The molecule has 2 amide bonds. The average molecular weight is 414 g/mol. The van der Waals surface area contributed by atoms with E-state index in [0.29, 0.717) is 22.9 Å². The van der Waals surface area contributed by atoms with Crippen molar-refractivity contribution in [3.63, 3.8) is 0 Å². The molecule has 1 heterocycles. The van der Waals surface area contributed by atoms with E-state index in [0.717, 1.165) is 17.9 Å². The zero-order valence-corrected chi connectivity index (χ0v) is 16.3. The fourth-order valence-corrected chi connectivity index (χ4v) is 2.57. The van der Waals surface area contributed by atoms with Gasteiger partial charge in [0.25, 0.3) is 11.8 Å². The van der Waals surface area contributed by atoms with E-state index in [4.69, 9.17) is 4.42 Å². The first-order valence-corrected chi connectivity index (χ1v) is 8.78. The number of nitrogens with one attached hydrogen (secondary N) is 2. The van der Waals surface area contributed by atoms with Gasteiger partial charge in [0.05, 0.1) is 13.6 Å². The Hall–Kier alpha value is -3.01. The predicted molar refractivity (Wildman–Crippen MR) is 98.3 cm³/mol. The van der Waals surface area contributed by atoms with E-state index in [1.807, 2.05) is 13.0 Å². The van der Waals surface area contributed by atoms with E-state index in [2.05, 4.69) is 10.1 Å². The van der Waals surface area contributed by atoms with Crippen molar-refractivity contribution in [2.45, 2.75) is 19.8 Å². The Kier molecular flexibility index (Phi) is 7.27. The molecule has 2 rings (SSSR count). The van der Waals surface area contributed by atoms with Crippen LogP contribution in [0.3, 0.4) is 0 Å². The van der Waals surface area contributed by atoms with Crippen LogP contribution in [0.1, 0.15) is 11.5 Å². The van der Waals surface area contributed by atoms with Gasteiger partial charge in [0.1, 0.15) is 17.3 Å². The lowest BCUT2D eigenvalue weighted by molar-refractivity contribution is -0.862. The second-order valence-electron chi connectivity index (χ2n) is 6.69. The number of rotatable bonds is 8. The molecule has 1 aromatic carbocycles. The molecule has 1 unspecified atom stereocenters. The lowest BCUT2D eigenvalue weighted by Crippen LogP contribution is -3.11. The molecule has 10 heteroatoms. The highest BCUT2D eigenvalue weighted by Gasteiger charge is 2.31. The summed E-state index contributed by atoms with van der Waals surface area (Å²) in [5.74, 6) is 0.533. The summed E-state index contributed by atoms with van der Waals surface area (Å²) < 4.78 is 45.7. The van der Waals surface area contributed by atoms with E-state index < -0.39 is 6.36 Å². The lowest BCUT2D eigenvalue weighted by Gasteiger charge is -2.19. The number of halogens is 3. The van der Waals surface area contributed by atoms with Crippen molar-refractivity contribution in [2.75, 3.05) is 32.5 Å². The zero-order chi connectivity index (χ0) is 21.6. The maximum atomic E-state index is 12.3. The molecule has 0 saturated carbocycles. The highest BCUT2D eigenvalue weighted by Crippen LogP contribution is 2.23. The number of ether oxygens (including phenoxy) is 1. The highest BCUT2D eigenvalue weighted by molar-refractivity contribution is 5.91. The minimum absolute atomic E-state index is 0.0141. The number of furan rings is 1. The van der Waals surface area contributed by atoms with Crippen molar-refractivity contribution in [3.8, 4) is 5.75 Å². The van der Waals surface area contributed by atoms with Gasteiger partial charge in [-0.25, -0.2) is 0 Å². The molecule has 0 bridgehead atoms. The Morgan fingerprint density at radius 2 is 1.79 bits per heavy atom. The molecule has 0 spiro atoms. The minimum atomic E-state index is -4.77. The molecule has 0 aliphatic carbocycles. The van der Waals surface area contributed by atoms with Crippen LogP contribution < -0.4 is 15.0 Å². The number of alkyl halides is 3. The van der Waals surface area contributed by atoms with Crippen LogP contribution in [0.4, 0.5) is 18.9 Å². The first kappa shape index (κ1) is 22.3. The molecule has 0 aliphatic heterocycles. The summed E-state index contributed by atoms with van der Waals surface area (Å²) in [6.07, 6.45) is -4.77. The average Bonchev–Trinajstić information content (AvgIpc) is 2.99. The Morgan fingerprint density at radius 3 is 2.34 bits per heavy atom. The molecule has 0 aliphatic rings. The van der Waals surface area contributed by atoms with Crippen molar-refractivity contribution in [3.05, 3.63) is 47.9 Å². The zero-order valence-electron chi connectivity index (χ0n) is 16.3. The molecule has 0 fully saturated rings. The van der Waals surface area contributed by atoms with E-state index >= 15 is 0 Å². The summed E-state index contributed by atoms with van der Waals surface area (Å²) in [5.41, 5.74) is 0.328. The molecule has 1 aromatic heterocycles. The van der Waals surface area contributed by atoms with Gasteiger partial charge in [-0.2, -0.15) is 0 Å². The third-order valence-corrected chi connectivity index (χ3v) is 3.90. The van der Waals surface area contributed by atoms with Crippen LogP contribution in [0.25, 0.3) is 0 Å². The van der Waals surface area contributed by atoms with E-state index in [9.17, 15) is 22.8 Å². The van der Waals surface area contributed by atoms with Crippen LogP contribution in [0.5, 0.6) is 5.75 Å². The minimum Gasteiger partial charge on any atom is -0.464 e. The second-order valence-corrected chi connectivity index (χ2v) is 6.69. The third kappa shape index (κ3) is 7.86. The highest BCUT2D eigenvalue weighted by atomic mass is 19.4. The lowest BCUT2D eigenvalue weighted by atomic mass is 10.3. The monoisotopic (exact) mass is 414 g/mol. The molecular weight excluding hydrogens is 391 g/mol. The van der Waals surface area contributed by atoms with Crippen LogP contribution >= 0.6 is 0 Å². The summed E-state index contributed by atoms with van der Waals surface area (Å²) >= 11 is 0. The Labute approximate surface area is 166 Å². The summed E-state index contributed by atoms with van der Waals surface area (Å²) in [7, 11) is 3.35. The first-order valence-electron chi connectivity index (χ1n) is 8.78. The standard InChI is InChI=1S/C19H22F3N3O4/c1-13-4-7-16(28-13)10-25(3)18(27)12-24(2)11-17(26)23-14-5-8-15(9-6-14)29-19(20,21)22/h4-9H,10-12H2,1-3H3,(H,23,26)/p+1. The number of carbonyl (C=O) groups is 2. The fourth-order valence-electron chi connectivity index (χ4n) is 2.57. The first-order chi connectivity index (χ1) is 13.5. The summed E-state index contributed by atoms with van der Waals surface area (Å²) in [6.45, 7) is 2.26. The van der Waals surface area contributed by atoms with Crippen LogP contribution in [-0.2, 0) is 16.1 Å². The van der Waals surface area contributed by atoms with Crippen molar-refractivity contribution >= 4 is 17.5 Å². The smallest absolute Gasteiger partial charge is 0.464 e. The van der Waals surface area contributed by atoms with E-state index in [1.165, 1.54) is 17.0 Å². The van der Waals surface area contributed by atoms with Crippen LogP contribution in [0.15, 0.2) is 40.8 Å². The van der Waals surface area contributed by atoms with Gasteiger partial charge in [0.15, 0.2) is 13.1 Å². The number of quaternary nitrogens is 1. The molecule has 2 aromatic rings. The van der Waals surface area contributed by atoms with Gasteiger partial charge in [-0.15, -0.1) is 13.2 Å². The van der Waals surface area contributed by atoms with Gasteiger partial charge < -0.3 is 24.3 Å². The van der Waals surface area contributed by atoms with E-state index in [-0.39, 0.29) is 30.7 Å². The van der Waals surface area contributed by atoms with Crippen molar-refractivity contribution in [1.82, 2.24) is 4.90 Å². The molecular formula is C19H23F3N3O4+. The SMILES string of the molecule is Cc1ccc(CN(C)C(=O)C[NH+](C)CC(=O)Nc2ccc(OC(F)(F)F)cc2)o1. The molecule has 158 valence electrons. The van der Waals surface area contributed by atoms with Gasteiger partial charge in [0, 0.05) is 12.7 Å². The Morgan fingerprint density at radius 1 is 1.14 bits per heavy atom. The maximum absolute atomic E-state index is 12.3.